The van der Waals surface area contributed by atoms with Gasteiger partial charge in [-0.15, -0.1) is 0 Å². The SMILES string of the molecule is COc1ccc(S(=O)(=O)NCCNc2cc(-n3ccc(C)n3)ncn2)c(OC)c1. The van der Waals surface area contributed by atoms with E-state index in [2.05, 4.69) is 25.1 Å². The van der Waals surface area contributed by atoms with Crippen molar-refractivity contribution in [1.29, 1.82) is 0 Å². The maximum Gasteiger partial charge on any atom is 0.244 e. The molecule has 0 radical (unpaired) electrons. The van der Waals surface area contributed by atoms with Crippen molar-refractivity contribution in [2.45, 2.75) is 11.8 Å². The van der Waals surface area contributed by atoms with Crippen LogP contribution in [-0.2, 0) is 10.0 Å². The van der Waals surface area contributed by atoms with Gasteiger partial charge in [-0.2, -0.15) is 5.10 Å². The van der Waals surface area contributed by atoms with Crippen LogP contribution in [0.15, 0.2) is 47.8 Å². The molecule has 0 amide bonds. The number of sulfonamides is 1. The van der Waals surface area contributed by atoms with E-state index in [0.29, 0.717) is 23.9 Å². The van der Waals surface area contributed by atoms with Gasteiger partial charge in [0.15, 0.2) is 5.82 Å². The number of aryl methyl sites for hydroxylation is 1. The molecule has 0 spiro atoms. The molecule has 2 heterocycles. The Morgan fingerprint density at radius 2 is 1.90 bits per heavy atom. The van der Waals surface area contributed by atoms with Gasteiger partial charge in [-0.1, -0.05) is 0 Å². The largest absolute Gasteiger partial charge is 0.497 e. The number of aromatic nitrogens is 4. The summed E-state index contributed by atoms with van der Waals surface area (Å²) in [5.41, 5.74) is 0.876. The fourth-order valence-corrected chi connectivity index (χ4v) is 3.74. The minimum absolute atomic E-state index is 0.0409. The molecule has 10 nitrogen and oxygen atoms in total. The van der Waals surface area contributed by atoms with Crippen LogP contribution in [0.4, 0.5) is 5.82 Å². The quantitative estimate of drug-likeness (QED) is 0.500. The Balaban J connectivity index is 1.60. The average molecular weight is 418 g/mol. The van der Waals surface area contributed by atoms with Crippen LogP contribution in [0.3, 0.4) is 0 Å². The summed E-state index contributed by atoms with van der Waals surface area (Å²) < 4.78 is 39.6. The van der Waals surface area contributed by atoms with E-state index in [4.69, 9.17) is 9.47 Å². The number of benzene rings is 1. The Kier molecular flexibility index (Phi) is 6.29. The molecule has 0 bridgehead atoms. The summed E-state index contributed by atoms with van der Waals surface area (Å²) in [5.74, 6) is 1.89. The number of anilines is 1. The minimum atomic E-state index is -3.75. The van der Waals surface area contributed by atoms with Crippen molar-refractivity contribution in [3.8, 4) is 17.3 Å². The van der Waals surface area contributed by atoms with Gasteiger partial charge in [0.25, 0.3) is 0 Å². The molecule has 0 atom stereocenters. The number of nitrogens with zero attached hydrogens (tertiary/aromatic N) is 4. The Morgan fingerprint density at radius 1 is 1.07 bits per heavy atom. The van der Waals surface area contributed by atoms with Gasteiger partial charge in [0, 0.05) is 31.4 Å². The summed E-state index contributed by atoms with van der Waals surface area (Å²) in [4.78, 5) is 8.35. The molecule has 0 saturated carbocycles. The summed E-state index contributed by atoms with van der Waals surface area (Å²) in [7, 11) is -0.843. The molecule has 1 aromatic carbocycles. The Hall–Kier alpha value is -3.18. The summed E-state index contributed by atoms with van der Waals surface area (Å²) in [6, 6.07) is 8.13. The first-order valence-electron chi connectivity index (χ1n) is 8.73. The summed E-state index contributed by atoms with van der Waals surface area (Å²) >= 11 is 0. The molecule has 0 aliphatic rings. The molecule has 29 heavy (non-hydrogen) atoms. The normalized spacial score (nSPS) is 11.3. The van der Waals surface area contributed by atoms with Gasteiger partial charge < -0.3 is 14.8 Å². The van der Waals surface area contributed by atoms with E-state index in [-0.39, 0.29) is 17.2 Å². The van der Waals surface area contributed by atoms with Crippen molar-refractivity contribution in [2.24, 2.45) is 0 Å². The molecular weight excluding hydrogens is 396 g/mol. The molecule has 3 aromatic rings. The van der Waals surface area contributed by atoms with E-state index in [1.807, 2.05) is 13.0 Å². The first-order valence-corrected chi connectivity index (χ1v) is 10.2. The van der Waals surface area contributed by atoms with E-state index in [1.54, 1.807) is 23.0 Å². The highest BCUT2D eigenvalue weighted by molar-refractivity contribution is 7.89. The first-order chi connectivity index (χ1) is 13.9. The van der Waals surface area contributed by atoms with Crippen LogP contribution in [-0.4, -0.2) is 55.5 Å². The molecule has 0 saturated heterocycles. The number of rotatable bonds is 9. The molecule has 154 valence electrons. The van der Waals surface area contributed by atoms with E-state index >= 15 is 0 Å². The second-order valence-corrected chi connectivity index (χ2v) is 7.74. The Morgan fingerprint density at radius 3 is 2.59 bits per heavy atom. The van der Waals surface area contributed by atoms with Gasteiger partial charge in [-0.25, -0.2) is 27.8 Å². The van der Waals surface area contributed by atoms with Crippen LogP contribution in [0.5, 0.6) is 11.5 Å². The fraction of sp³-hybridized carbons (Fsp3) is 0.278. The Labute approximate surface area is 169 Å². The first kappa shape index (κ1) is 20.6. The average Bonchev–Trinajstić information content (AvgIpc) is 3.17. The van der Waals surface area contributed by atoms with Crippen LogP contribution in [0, 0.1) is 6.92 Å². The van der Waals surface area contributed by atoms with Crippen LogP contribution in [0.1, 0.15) is 5.69 Å². The zero-order valence-electron chi connectivity index (χ0n) is 16.3. The lowest BCUT2D eigenvalue weighted by Crippen LogP contribution is -2.29. The predicted molar refractivity (Wildman–Crippen MR) is 107 cm³/mol. The van der Waals surface area contributed by atoms with Crippen LogP contribution in [0.2, 0.25) is 0 Å². The zero-order chi connectivity index (χ0) is 20.9. The third kappa shape index (κ3) is 5.00. The maximum atomic E-state index is 12.6. The highest BCUT2D eigenvalue weighted by Gasteiger charge is 2.19. The van der Waals surface area contributed by atoms with Gasteiger partial charge >= 0.3 is 0 Å². The molecule has 0 aliphatic heterocycles. The molecule has 0 aliphatic carbocycles. The number of hydrogen-bond acceptors (Lipinski definition) is 8. The smallest absolute Gasteiger partial charge is 0.244 e. The van der Waals surface area contributed by atoms with Crippen LogP contribution >= 0.6 is 0 Å². The highest BCUT2D eigenvalue weighted by atomic mass is 32.2. The van der Waals surface area contributed by atoms with Crippen molar-refractivity contribution in [3.05, 3.63) is 48.5 Å². The standard InChI is InChI=1S/C18H22N6O4S/c1-13-6-9-24(23-13)18-11-17(20-12-21-18)19-7-8-22-29(25,26)16-5-4-14(27-2)10-15(16)28-3/h4-6,9-12,22H,7-8H2,1-3H3,(H,19,20,21). The topological polar surface area (TPSA) is 120 Å². The number of hydrogen-bond donors (Lipinski definition) is 2. The van der Waals surface area contributed by atoms with Gasteiger partial charge in [-0.3, -0.25) is 0 Å². The third-order valence-electron chi connectivity index (χ3n) is 3.99. The lowest BCUT2D eigenvalue weighted by atomic mass is 10.3. The molecule has 2 N–H and O–H groups in total. The Bertz CT molecular complexity index is 1080. The summed E-state index contributed by atoms with van der Waals surface area (Å²) in [6.07, 6.45) is 3.22. The number of ether oxygens (including phenoxy) is 2. The monoisotopic (exact) mass is 418 g/mol. The van der Waals surface area contributed by atoms with Gasteiger partial charge in [0.05, 0.1) is 19.9 Å². The third-order valence-corrected chi connectivity index (χ3v) is 5.49. The van der Waals surface area contributed by atoms with Crippen LogP contribution in [0.25, 0.3) is 5.82 Å². The second kappa shape index (κ2) is 8.88. The summed E-state index contributed by atoms with van der Waals surface area (Å²) in [6.45, 7) is 2.37. The summed E-state index contributed by atoms with van der Waals surface area (Å²) in [5, 5.41) is 7.36. The minimum Gasteiger partial charge on any atom is -0.497 e. The zero-order valence-corrected chi connectivity index (χ0v) is 17.1. The van der Waals surface area contributed by atoms with E-state index in [0.717, 1.165) is 5.69 Å². The molecule has 3 rings (SSSR count). The number of methoxy groups -OCH3 is 2. The lowest BCUT2D eigenvalue weighted by Gasteiger charge is -2.12. The van der Waals surface area contributed by atoms with Crippen molar-refractivity contribution >= 4 is 15.8 Å². The molecular formula is C18H22N6O4S. The van der Waals surface area contributed by atoms with E-state index in [1.165, 1.54) is 32.7 Å². The predicted octanol–water partition coefficient (Wildman–Crippen LogP) is 1.38. The van der Waals surface area contributed by atoms with Gasteiger partial charge in [0.1, 0.15) is 28.5 Å². The molecule has 11 heteroatoms. The number of nitrogens with one attached hydrogen (secondary N) is 2. The van der Waals surface area contributed by atoms with E-state index in [9.17, 15) is 8.42 Å². The van der Waals surface area contributed by atoms with Crippen LogP contribution < -0.4 is 19.5 Å². The van der Waals surface area contributed by atoms with Crippen molar-refractivity contribution in [2.75, 3.05) is 32.6 Å². The van der Waals surface area contributed by atoms with Crippen molar-refractivity contribution in [1.82, 2.24) is 24.5 Å². The molecule has 0 unspecified atom stereocenters. The molecule has 0 fully saturated rings. The van der Waals surface area contributed by atoms with E-state index < -0.39 is 10.0 Å². The lowest BCUT2D eigenvalue weighted by molar-refractivity contribution is 0.386. The molecule has 2 aromatic heterocycles. The second-order valence-electron chi connectivity index (χ2n) is 6.00. The van der Waals surface area contributed by atoms with Gasteiger partial charge in [-0.05, 0) is 25.1 Å². The van der Waals surface area contributed by atoms with Crippen molar-refractivity contribution in [3.63, 3.8) is 0 Å². The highest BCUT2D eigenvalue weighted by Crippen LogP contribution is 2.28. The van der Waals surface area contributed by atoms with Gasteiger partial charge in [0.2, 0.25) is 10.0 Å². The fourth-order valence-electron chi connectivity index (χ4n) is 2.56. The maximum absolute atomic E-state index is 12.6. The van der Waals surface area contributed by atoms with Crippen molar-refractivity contribution < 1.29 is 17.9 Å².